The molecule has 1 fully saturated rings. The van der Waals surface area contributed by atoms with Gasteiger partial charge in [-0.3, -0.25) is 4.68 Å². The average molecular weight is 210 g/mol. The predicted octanol–water partition coefficient (Wildman–Crippen LogP) is 0.472. The van der Waals surface area contributed by atoms with Gasteiger partial charge < -0.3 is 10.1 Å². The Bertz CT molecular complexity index is 306. The highest BCUT2D eigenvalue weighted by Crippen LogP contribution is 2.15. The van der Waals surface area contributed by atoms with Crippen molar-refractivity contribution in [3.8, 4) is 0 Å². The minimum Gasteiger partial charge on any atom is -0.377 e. The summed E-state index contributed by atoms with van der Waals surface area (Å²) in [5.74, 6) is 0. The van der Waals surface area contributed by atoms with Crippen molar-refractivity contribution in [2.45, 2.75) is 38.5 Å². The van der Waals surface area contributed by atoms with Crippen LogP contribution >= 0.6 is 0 Å². The first-order valence-corrected chi connectivity index (χ1v) is 5.46. The molecule has 5 nitrogen and oxygen atoms in total. The van der Waals surface area contributed by atoms with Crippen LogP contribution in [0.1, 0.15) is 25.5 Å². The number of nitrogens with one attached hydrogen (secondary N) is 1. The molecule has 0 saturated carbocycles. The van der Waals surface area contributed by atoms with Crippen molar-refractivity contribution in [1.82, 2.24) is 20.3 Å². The summed E-state index contributed by atoms with van der Waals surface area (Å²) in [6, 6.07) is 0.384. The van der Waals surface area contributed by atoms with Crippen molar-refractivity contribution in [2.24, 2.45) is 7.05 Å². The van der Waals surface area contributed by atoms with E-state index in [1.807, 2.05) is 13.2 Å². The molecule has 2 unspecified atom stereocenters. The second kappa shape index (κ2) is 4.72. The molecule has 2 heterocycles. The van der Waals surface area contributed by atoms with Crippen LogP contribution in [0, 0.1) is 0 Å². The summed E-state index contributed by atoms with van der Waals surface area (Å²) in [7, 11) is 1.88. The molecule has 1 aromatic rings. The molecule has 2 rings (SSSR count). The SMILES string of the molecule is CC(NCc1cn(C)nn1)C1CCCO1. The number of ether oxygens (including phenoxy) is 1. The summed E-state index contributed by atoms with van der Waals surface area (Å²) in [5.41, 5.74) is 0.974. The molecule has 0 amide bonds. The van der Waals surface area contributed by atoms with Crippen molar-refractivity contribution in [3.63, 3.8) is 0 Å². The zero-order chi connectivity index (χ0) is 10.7. The van der Waals surface area contributed by atoms with Crippen molar-refractivity contribution >= 4 is 0 Å². The molecule has 0 bridgehead atoms. The van der Waals surface area contributed by atoms with E-state index >= 15 is 0 Å². The summed E-state index contributed by atoms with van der Waals surface area (Å²) < 4.78 is 7.32. The zero-order valence-corrected chi connectivity index (χ0v) is 9.31. The van der Waals surface area contributed by atoms with Gasteiger partial charge in [-0.25, -0.2) is 0 Å². The third-order valence-electron chi connectivity index (χ3n) is 2.78. The van der Waals surface area contributed by atoms with Gasteiger partial charge in [-0.1, -0.05) is 5.21 Å². The second-order valence-corrected chi connectivity index (χ2v) is 4.10. The fraction of sp³-hybridized carbons (Fsp3) is 0.800. The highest BCUT2D eigenvalue weighted by Gasteiger charge is 2.21. The van der Waals surface area contributed by atoms with Crippen molar-refractivity contribution in [3.05, 3.63) is 11.9 Å². The van der Waals surface area contributed by atoms with Crippen LogP contribution in [-0.4, -0.2) is 33.7 Å². The van der Waals surface area contributed by atoms with E-state index in [1.54, 1.807) is 4.68 Å². The third kappa shape index (κ3) is 2.76. The summed E-state index contributed by atoms with van der Waals surface area (Å²) in [6.07, 6.45) is 4.63. The maximum absolute atomic E-state index is 5.60. The van der Waals surface area contributed by atoms with Gasteiger partial charge in [0.25, 0.3) is 0 Å². The monoisotopic (exact) mass is 210 g/mol. The molecule has 1 N–H and O–H groups in total. The van der Waals surface area contributed by atoms with E-state index in [0.29, 0.717) is 12.1 Å². The Morgan fingerprint density at radius 3 is 3.20 bits per heavy atom. The summed E-state index contributed by atoms with van der Waals surface area (Å²) in [5, 5.41) is 11.3. The van der Waals surface area contributed by atoms with E-state index in [9.17, 15) is 0 Å². The van der Waals surface area contributed by atoms with Crippen molar-refractivity contribution < 1.29 is 4.74 Å². The van der Waals surface area contributed by atoms with Gasteiger partial charge in [0.1, 0.15) is 0 Å². The van der Waals surface area contributed by atoms with Crippen LogP contribution in [0.2, 0.25) is 0 Å². The maximum Gasteiger partial charge on any atom is 0.0964 e. The van der Waals surface area contributed by atoms with Crippen LogP contribution in [0.4, 0.5) is 0 Å². The Morgan fingerprint density at radius 2 is 2.60 bits per heavy atom. The minimum atomic E-state index is 0.363. The molecule has 0 aliphatic carbocycles. The van der Waals surface area contributed by atoms with Crippen LogP contribution in [-0.2, 0) is 18.3 Å². The molecular formula is C10H18N4O. The molecule has 1 saturated heterocycles. The van der Waals surface area contributed by atoms with Gasteiger partial charge in [0, 0.05) is 32.4 Å². The topological polar surface area (TPSA) is 52.0 Å². The Labute approximate surface area is 89.8 Å². The smallest absolute Gasteiger partial charge is 0.0964 e. The second-order valence-electron chi connectivity index (χ2n) is 4.10. The van der Waals surface area contributed by atoms with Crippen LogP contribution in [0.3, 0.4) is 0 Å². The number of rotatable bonds is 4. The van der Waals surface area contributed by atoms with E-state index in [2.05, 4.69) is 22.6 Å². The number of hydrogen-bond acceptors (Lipinski definition) is 4. The lowest BCUT2D eigenvalue weighted by Gasteiger charge is -2.19. The fourth-order valence-corrected chi connectivity index (χ4v) is 1.87. The molecule has 15 heavy (non-hydrogen) atoms. The van der Waals surface area contributed by atoms with Gasteiger partial charge in [-0.2, -0.15) is 0 Å². The Hall–Kier alpha value is -0.940. The first-order valence-electron chi connectivity index (χ1n) is 5.46. The molecule has 84 valence electrons. The Balaban J connectivity index is 1.77. The van der Waals surface area contributed by atoms with Gasteiger partial charge in [0.05, 0.1) is 11.8 Å². The first-order chi connectivity index (χ1) is 7.25. The van der Waals surface area contributed by atoms with Gasteiger partial charge in [0.15, 0.2) is 0 Å². The van der Waals surface area contributed by atoms with E-state index in [4.69, 9.17) is 4.74 Å². The summed E-state index contributed by atoms with van der Waals surface area (Å²) in [6.45, 7) is 3.82. The minimum absolute atomic E-state index is 0.363. The predicted molar refractivity (Wildman–Crippen MR) is 56.3 cm³/mol. The number of nitrogens with zero attached hydrogens (tertiary/aromatic N) is 3. The van der Waals surface area contributed by atoms with Crippen LogP contribution in [0.5, 0.6) is 0 Å². The molecular weight excluding hydrogens is 192 g/mol. The van der Waals surface area contributed by atoms with E-state index < -0.39 is 0 Å². The molecule has 0 spiro atoms. The quantitative estimate of drug-likeness (QED) is 0.785. The van der Waals surface area contributed by atoms with E-state index in [0.717, 1.165) is 25.3 Å². The standard InChI is InChI=1S/C10H18N4O/c1-8(10-4-3-5-15-10)11-6-9-7-14(2)13-12-9/h7-8,10-11H,3-6H2,1-2H3. The molecule has 0 radical (unpaired) electrons. The van der Waals surface area contributed by atoms with E-state index in [1.165, 1.54) is 6.42 Å². The zero-order valence-electron chi connectivity index (χ0n) is 9.31. The Morgan fingerprint density at radius 1 is 1.73 bits per heavy atom. The van der Waals surface area contributed by atoms with Crippen molar-refractivity contribution in [1.29, 1.82) is 0 Å². The van der Waals surface area contributed by atoms with Crippen molar-refractivity contribution in [2.75, 3.05) is 6.61 Å². The summed E-state index contributed by atoms with van der Waals surface area (Å²) >= 11 is 0. The lowest BCUT2D eigenvalue weighted by atomic mass is 10.1. The highest BCUT2D eigenvalue weighted by molar-refractivity contribution is 4.92. The molecule has 1 aliphatic heterocycles. The summed E-state index contributed by atoms with van der Waals surface area (Å²) in [4.78, 5) is 0. The van der Waals surface area contributed by atoms with Gasteiger partial charge in [-0.05, 0) is 19.8 Å². The van der Waals surface area contributed by atoms with Crippen LogP contribution in [0.15, 0.2) is 6.20 Å². The van der Waals surface area contributed by atoms with Gasteiger partial charge >= 0.3 is 0 Å². The third-order valence-corrected chi connectivity index (χ3v) is 2.78. The highest BCUT2D eigenvalue weighted by atomic mass is 16.5. The van der Waals surface area contributed by atoms with E-state index in [-0.39, 0.29) is 0 Å². The van der Waals surface area contributed by atoms with Crippen LogP contribution in [0.25, 0.3) is 0 Å². The first kappa shape index (κ1) is 10.6. The number of aryl methyl sites for hydroxylation is 1. The van der Waals surface area contributed by atoms with Gasteiger partial charge in [0.2, 0.25) is 0 Å². The lowest BCUT2D eigenvalue weighted by molar-refractivity contribution is 0.0831. The molecule has 1 aromatic heterocycles. The van der Waals surface area contributed by atoms with Crippen LogP contribution < -0.4 is 5.32 Å². The normalized spacial score (nSPS) is 23.2. The number of aromatic nitrogens is 3. The largest absolute Gasteiger partial charge is 0.377 e. The Kier molecular flexibility index (Phi) is 3.33. The molecule has 1 aliphatic rings. The number of hydrogen-bond donors (Lipinski definition) is 1. The van der Waals surface area contributed by atoms with Gasteiger partial charge in [-0.15, -0.1) is 5.10 Å². The lowest BCUT2D eigenvalue weighted by Crippen LogP contribution is -2.36. The fourth-order valence-electron chi connectivity index (χ4n) is 1.87. The molecule has 5 heteroatoms. The molecule has 0 aromatic carbocycles. The molecule has 2 atom stereocenters. The maximum atomic E-state index is 5.60. The average Bonchev–Trinajstić information content (AvgIpc) is 2.84.